The van der Waals surface area contributed by atoms with Crippen LogP contribution in [0.2, 0.25) is 0 Å². The zero-order chi connectivity index (χ0) is 7.78. The summed E-state index contributed by atoms with van der Waals surface area (Å²) in [5, 5.41) is 0. The third-order valence-electron chi connectivity index (χ3n) is 1.49. The third kappa shape index (κ3) is 5.89. The maximum atomic E-state index is 4.94. The van der Waals surface area contributed by atoms with Gasteiger partial charge in [0.25, 0.3) is 0 Å². The van der Waals surface area contributed by atoms with Gasteiger partial charge >= 0.3 is 0 Å². The van der Waals surface area contributed by atoms with E-state index >= 15 is 0 Å². The van der Waals surface area contributed by atoms with Crippen LogP contribution in [0.3, 0.4) is 0 Å². The molecule has 2 heteroatoms. The van der Waals surface area contributed by atoms with Gasteiger partial charge in [0.15, 0.2) is 0 Å². The van der Waals surface area contributed by atoms with E-state index in [1.165, 1.54) is 12.8 Å². The van der Waals surface area contributed by atoms with Crippen LogP contribution in [0.5, 0.6) is 0 Å². The minimum atomic E-state index is 0. The molecule has 0 saturated carbocycles. The van der Waals surface area contributed by atoms with Gasteiger partial charge in [0.1, 0.15) is 0 Å². The molecule has 2 nitrogen and oxygen atoms in total. The molecule has 0 aliphatic carbocycles. The van der Waals surface area contributed by atoms with Gasteiger partial charge in [-0.2, -0.15) is 0 Å². The second kappa shape index (κ2) is 8.24. The van der Waals surface area contributed by atoms with Crippen molar-refractivity contribution in [2.75, 3.05) is 13.2 Å². The zero-order valence-corrected chi connectivity index (χ0v) is 7.20. The fraction of sp³-hybridized carbons (Fsp3) is 0.400. The highest BCUT2D eigenvalue weighted by Gasteiger charge is 1.94. The number of hydrogen-bond donors (Lipinski definition) is 0. The number of hydrogen-bond acceptors (Lipinski definition) is 1. The van der Waals surface area contributed by atoms with Gasteiger partial charge in [-0.1, -0.05) is 36.4 Å². The lowest BCUT2D eigenvalue weighted by atomic mass is 10.4. The maximum Gasteiger partial charge on any atom is 0.0466 e. The van der Waals surface area contributed by atoms with Crippen molar-refractivity contribution in [3.8, 4) is 0 Å². The van der Waals surface area contributed by atoms with E-state index < -0.39 is 0 Å². The van der Waals surface area contributed by atoms with Crippen LogP contribution in [0.4, 0.5) is 0 Å². The molecular formula is C10H16O2. The standard InChI is InChI=1S/C6H6.C4H8O.H2O/c1-2-4-6-5-3-1;1-2-4-5-3-1;/h1-6H;1-4H2;1H2. The minimum absolute atomic E-state index is 0. The van der Waals surface area contributed by atoms with E-state index in [4.69, 9.17) is 4.74 Å². The van der Waals surface area contributed by atoms with Crippen molar-refractivity contribution in [3.63, 3.8) is 0 Å². The topological polar surface area (TPSA) is 40.7 Å². The van der Waals surface area contributed by atoms with Gasteiger partial charge in [-0.3, -0.25) is 0 Å². The van der Waals surface area contributed by atoms with E-state index in [-0.39, 0.29) is 5.48 Å². The average molecular weight is 168 g/mol. The summed E-state index contributed by atoms with van der Waals surface area (Å²) in [5.74, 6) is 0. The molecule has 1 aromatic rings. The molecule has 1 fully saturated rings. The molecule has 12 heavy (non-hydrogen) atoms. The van der Waals surface area contributed by atoms with Gasteiger partial charge in [0.2, 0.25) is 0 Å². The first kappa shape index (κ1) is 11.1. The van der Waals surface area contributed by atoms with Crippen molar-refractivity contribution in [2.45, 2.75) is 12.8 Å². The van der Waals surface area contributed by atoms with Gasteiger partial charge in [-0.15, -0.1) is 0 Å². The van der Waals surface area contributed by atoms with E-state index in [1.807, 2.05) is 36.4 Å². The van der Waals surface area contributed by atoms with Gasteiger partial charge in [-0.25, -0.2) is 0 Å². The van der Waals surface area contributed by atoms with Crippen LogP contribution in [-0.2, 0) is 4.74 Å². The zero-order valence-electron chi connectivity index (χ0n) is 7.20. The van der Waals surface area contributed by atoms with Gasteiger partial charge in [-0.05, 0) is 12.8 Å². The molecule has 0 bridgehead atoms. The SMILES string of the molecule is C1CCOC1.O.c1ccccc1. The molecule has 2 N–H and O–H groups in total. The smallest absolute Gasteiger partial charge is 0.0466 e. The first-order chi connectivity index (χ1) is 5.50. The van der Waals surface area contributed by atoms with Gasteiger partial charge in [0.05, 0.1) is 0 Å². The Labute approximate surface area is 73.5 Å². The predicted molar refractivity (Wildman–Crippen MR) is 50.1 cm³/mol. The van der Waals surface area contributed by atoms with Crippen LogP contribution in [0.15, 0.2) is 36.4 Å². The monoisotopic (exact) mass is 168 g/mol. The molecule has 1 heterocycles. The number of benzene rings is 1. The summed E-state index contributed by atoms with van der Waals surface area (Å²) in [7, 11) is 0. The number of rotatable bonds is 0. The van der Waals surface area contributed by atoms with E-state index in [1.54, 1.807) is 0 Å². The summed E-state index contributed by atoms with van der Waals surface area (Å²) >= 11 is 0. The van der Waals surface area contributed by atoms with E-state index in [2.05, 4.69) is 0 Å². The molecule has 0 radical (unpaired) electrons. The van der Waals surface area contributed by atoms with E-state index in [9.17, 15) is 0 Å². The van der Waals surface area contributed by atoms with Crippen molar-refractivity contribution in [1.29, 1.82) is 0 Å². The molecule has 1 aliphatic heterocycles. The predicted octanol–water partition coefficient (Wildman–Crippen LogP) is 1.66. The Hall–Kier alpha value is -0.860. The van der Waals surface area contributed by atoms with Gasteiger partial charge in [0, 0.05) is 13.2 Å². The highest BCUT2D eigenvalue weighted by molar-refractivity contribution is 4.99. The quantitative estimate of drug-likeness (QED) is 0.580. The van der Waals surface area contributed by atoms with Crippen molar-refractivity contribution in [3.05, 3.63) is 36.4 Å². The highest BCUT2D eigenvalue weighted by Crippen LogP contribution is 1.98. The van der Waals surface area contributed by atoms with Gasteiger partial charge < -0.3 is 10.2 Å². The molecule has 1 aromatic carbocycles. The van der Waals surface area contributed by atoms with Crippen molar-refractivity contribution < 1.29 is 10.2 Å². The van der Waals surface area contributed by atoms with Crippen LogP contribution < -0.4 is 0 Å². The number of ether oxygens (including phenoxy) is 1. The second-order valence-corrected chi connectivity index (χ2v) is 2.47. The van der Waals surface area contributed by atoms with E-state index in [0.717, 1.165) is 13.2 Å². The van der Waals surface area contributed by atoms with Crippen molar-refractivity contribution >= 4 is 0 Å². The average Bonchev–Trinajstić information content (AvgIpc) is 2.64. The summed E-state index contributed by atoms with van der Waals surface area (Å²) in [6.45, 7) is 2.00. The molecule has 1 aliphatic rings. The third-order valence-corrected chi connectivity index (χ3v) is 1.49. The normalized spacial score (nSPS) is 14.0. The minimum Gasteiger partial charge on any atom is -0.412 e. The van der Waals surface area contributed by atoms with Crippen LogP contribution in [-0.4, -0.2) is 18.7 Å². The highest BCUT2D eigenvalue weighted by atomic mass is 16.5. The van der Waals surface area contributed by atoms with Crippen molar-refractivity contribution in [2.24, 2.45) is 0 Å². The van der Waals surface area contributed by atoms with E-state index in [0.29, 0.717) is 0 Å². The first-order valence-electron chi connectivity index (χ1n) is 4.08. The summed E-state index contributed by atoms with van der Waals surface area (Å²) in [6.07, 6.45) is 2.56. The molecular weight excluding hydrogens is 152 g/mol. The van der Waals surface area contributed by atoms with Crippen LogP contribution in [0.1, 0.15) is 12.8 Å². The molecule has 1 saturated heterocycles. The van der Waals surface area contributed by atoms with Crippen molar-refractivity contribution in [1.82, 2.24) is 0 Å². The second-order valence-electron chi connectivity index (χ2n) is 2.47. The first-order valence-corrected chi connectivity index (χ1v) is 4.08. The fourth-order valence-electron chi connectivity index (χ4n) is 0.895. The Balaban J connectivity index is 0.000000189. The van der Waals surface area contributed by atoms with Crippen LogP contribution in [0.25, 0.3) is 0 Å². The fourth-order valence-corrected chi connectivity index (χ4v) is 0.895. The molecule has 2 rings (SSSR count). The molecule has 0 atom stereocenters. The summed E-state index contributed by atoms with van der Waals surface area (Å²) in [4.78, 5) is 0. The maximum absolute atomic E-state index is 4.94. The lowest BCUT2D eigenvalue weighted by Gasteiger charge is -1.76. The lowest BCUT2D eigenvalue weighted by molar-refractivity contribution is 0.198. The van der Waals surface area contributed by atoms with Crippen LogP contribution in [0, 0.1) is 0 Å². The molecule has 0 unspecified atom stereocenters. The summed E-state index contributed by atoms with van der Waals surface area (Å²) in [5.41, 5.74) is 0. The molecule has 0 spiro atoms. The lowest BCUT2D eigenvalue weighted by Crippen LogP contribution is -1.74. The Morgan fingerprint density at radius 2 is 1.00 bits per heavy atom. The Morgan fingerprint density at radius 1 is 0.667 bits per heavy atom. The molecule has 68 valence electrons. The summed E-state index contributed by atoms with van der Waals surface area (Å²) in [6, 6.07) is 12.0. The Morgan fingerprint density at radius 3 is 1.17 bits per heavy atom. The summed E-state index contributed by atoms with van der Waals surface area (Å²) < 4.78 is 4.94. The Kier molecular flexibility index (Phi) is 7.65. The Bertz CT molecular complexity index is 124. The van der Waals surface area contributed by atoms with Crippen LogP contribution >= 0.6 is 0 Å². The molecule has 0 amide bonds. The molecule has 0 aromatic heterocycles. The largest absolute Gasteiger partial charge is 0.412 e.